The van der Waals surface area contributed by atoms with Crippen LogP contribution < -0.4 is 0 Å². The molecule has 0 aliphatic rings. The summed E-state index contributed by atoms with van der Waals surface area (Å²) in [6.07, 6.45) is 0. The van der Waals surface area contributed by atoms with Gasteiger partial charge in [-0.05, 0) is 13.0 Å². The highest BCUT2D eigenvalue weighted by molar-refractivity contribution is 9.10. The maximum Gasteiger partial charge on any atom is 0.356 e. The van der Waals surface area contributed by atoms with Gasteiger partial charge in [0.25, 0.3) is 0 Å². The molecule has 13 heavy (non-hydrogen) atoms. The van der Waals surface area contributed by atoms with Crippen molar-refractivity contribution in [1.29, 1.82) is 0 Å². The third-order valence-electron chi connectivity index (χ3n) is 1.54. The Kier molecular flexibility index (Phi) is 3.27. The molecule has 0 amide bonds. The van der Waals surface area contributed by atoms with Crippen LogP contribution in [-0.4, -0.2) is 18.1 Å². The molecule has 0 atom stereocenters. The van der Waals surface area contributed by atoms with Crippen molar-refractivity contribution in [2.45, 2.75) is 6.92 Å². The molecule has 3 nitrogen and oxygen atoms in total. The first-order chi connectivity index (χ1) is 6.06. The van der Waals surface area contributed by atoms with Crippen molar-refractivity contribution in [2.24, 2.45) is 0 Å². The van der Waals surface area contributed by atoms with E-state index in [-0.39, 0.29) is 5.69 Å². The Morgan fingerprint density at radius 3 is 2.77 bits per heavy atom. The molecule has 1 rings (SSSR count). The minimum Gasteiger partial charge on any atom is -0.464 e. The van der Waals surface area contributed by atoms with Crippen LogP contribution in [0.3, 0.4) is 0 Å². The van der Waals surface area contributed by atoms with Gasteiger partial charge in [0, 0.05) is 10.0 Å². The van der Waals surface area contributed by atoms with E-state index in [4.69, 9.17) is 11.6 Å². The molecule has 0 aliphatic heterocycles. The van der Waals surface area contributed by atoms with Crippen LogP contribution in [0.15, 0.2) is 10.5 Å². The molecular formula is C8H7BrClNO2. The Morgan fingerprint density at radius 2 is 2.31 bits per heavy atom. The van der Waals surface area contributed by atoms with Crippen LogP contribution in [0.2, 0.25) is 5.15 Å². The summed E-state index contributed by atoms with van der Waals surface area (Å²) in [6.45, 7) is 1.81. The average Bonchev–Trinajstić information content (AvgIpc) is 2.12. The van der Waals surface area contributed by atoms with Crippen LogP contribution >= 0.6 is 27.5 Å². The molecule has 0 N–H and O–H groups in total. The lowest BCUT2D eigenvalue weighted by Crippen LogP contribution is -2.05. The molecule has 1 heterocycles. The normalized spacial score (nSPS) is 9.85. The van der Waals surface area contributed by atoms with Gasteiger partial charge in [0.1, 0.15) is 5.15 Å². The molecule has 5 heteroatoms. The van der Waals surface area contributed by atoms with E-state index in [0.717, 1.165) is 10.0 Å². The van der Waals surface area contributed by atoms with Crippen molar-refractivity contribution >= 4 is 33.5 Å². The zero-order valence-corrected chi connectivity index (χ0v) is 9.44. The number of methoxy groups -OCH3 is 1. The number of aromatic nitrogens is 1. The number of carbonyl (C=O) groups is 1. The van der Waals surface area contributed by atoms with Gasteiger partial charge >= 0.3 is 5.97 Å². The van der Waals surface area contributed by atoms with Gasteiger partial charge in [-0.3, -0.25) is 0 Å². The average molecular weight is 265 g/mol. The van der Waals surface area contributed by atoms with E-state index in [0.29, 0.717) is 5.15 Å². The van der Waals surface area contributed by atoms with Crippen LogP contribution in [0.5, 0.6) is 0 Å². The standard InChI is InChI=1S/C8H7BrClNO2/c1-4-5(9)3-6(8(12)13-2)11-7(4)10/h3H,1-2H3. The van der Waals surface area contributed by atoms with Gasteiger partial charge in [-0.1, -0.05) is 27.5 Å². The summed E-state index contributed by atoms with van der Waals surface area (Å²) in [4.78, 5) is 14.9. The Balaban J connectivity index is 3.20. The number of esters is 1. The minimum atomic E-state index is -0.498. The van der Waals surface area contributed by atoms with Gasteiger partial charge in [0.15, 0.2) is 5.69 Å². The summed E-state index contributed by atoms with van der Waals surface area (Å²) in [5.41, 5.74) is 0.999. The van der Waals surface area contributed by atoms with Gasteiger partial charge < -0.3 is 4.74 Å². The third-order valence-corrected chi connectivity index (χ3v) is 2.74. The van der Waals surface area contributed by atoms with Gasteiger partial charge in [0.05, 0.1) is 7.11 Å². The first-order valence-corrected chi connectivity index (χ1v) is 4.64. The summed E-state index contributed by atoms with van der Waals surface area (Å²) >= 11 is 9.03. The zero-order valence-electron chi connectivity index (χ0n) is 7.10. The van der Waals surface area contributed by atoms with Crippen LogP contribution in [0.4, 0.5) is 0 Å². The molecule has 0 saturated carbocycles. The highest BCUT2D eigenvalue weighted by Gasteiger charge is 2.11. The Hall–Kier alpha value is -0.610. The molecule has 1 aromatic rings. The second-order valence-electron chi connectivity index (χ2n) is 2.40. The summed E-state index contributed by atoms with van der Waals surface area (Å²) < 4.78 is 5.25. The van der Waals surface area contributed by atoms with Crippen molar-refractivity contribution in [3.63, 3.8) is 0 Å². The summed E-state index contributed by atoms with van der Waals surface area (Å²) in [6, 6.07) is 1.58. The van der Waals surface area contributed by atoms with Gasteiger partial charge in [-0.15, -0.1) is 0 Å². The Morgan fingerprint density at radius 1 is 1.69 bits per heavy atom. The highest BCUT2D eigenvalue weighted by atomic mass is 79.9. The number of halogens is 2. The molecule has 0 aromatic carbocycles. The Bertz CT molecular complexity index is 331. The fourth-order valence-electron chi connectivity index (χ4n) is 0.758. The largest absolute Gasteiger partial charge is 0.464 e. The topological polar surface area (TPSA) is 39.2 Å². The number of hydrogen-bond acceptors (Lipinski definition) is 3. The quantitative estimate of drug-likeness (QED) is 0.578. The minimum absolute atomic E-state index is 0.199. The summed E-state index contributed by atoms with van der Waals surface area (Å²) in [5.74, 6) is -0.498. The molecule has 0 bridgehead atoms. The van der Waals surface area contributed by atoms with Crippen molar-refractivity contribution in [2.75, 3.05) is 7.11 Å². The number of carbonyl (C=O) groups excluding carboxylic acids is 1. The maximum absolute atomic E-state index is 11.1. The van der Waals surface area contributed by atoms with Crippen molar-refractivity contribution in [3.05, 3.63) is 26.9 Å². The van der Waals surface area contributed by atoms with Gasteiger partial charge in [-0.25, -0.2) is 9.78 Å². The number of rotatable bonds is 1. The molecule has 0 unspecified atom stereocenters. The smallest absolute Gasteiger partial charge is 0.356 e. The highest BCUT2D eigenvalue weighted by Crippen LogP contribution is 2.23. The van der Waals surface area contributed by atoms with E-state index in [9.17, 15) is 4.79 Å². The molecular weight excluding hydrogens is 257 g/mol. The molecule has 0 aliphatic carbocycles. The number of ether oxygens (including phenoxy) is 1. The third kappa shape index (κ3) is 2.19. The summed E-state index contributed by atoms with van der Waals surface area (Å²) in [5, 5.41) is 0.301. The lowest BCUT2D eigenvalue weighted by atomic mass is 10.3. The maximum atomic E-state index is 11.1. The van der Waals surface area contributed by atoms with Crippen LogP contribution in [0, 0.1) is 6.92 Å². The van der Waals surface area contributed by atoms with E-state index in [2.05, 4.69) is 25.7 Å². The molecule has 0 radical (unpaired) electrons. The monoisotopic (exact) mass is 263 g/mol. The van der Waals surface area contributed by atoms with Crippen molar-refractivity contribution in [3.8, 4) is 0 Å². The van der Waals surface area contributed by atoms with Crippen molar-refractivity contribution < 1.29 is 9.53 Å². The second-order valence-corrected chi connectivity index (χ2v) is 3.61. The van der Waals surface area contributed by atoms with E-state index in [1.165, 1.54) is 7.11 Å². The van der Waals surface area contributed by atoms with E-state index in [1.807, 2.05) is 0 Å². The fourth-order valence-corrected chi connectivity index (χ4v) is 1.47. The molecule has 70 valence electrons. The van der Waals surface area contributed by atoms with Crippen LogP contribution in [0.25, 0.3) is 0 Å². The predicted molar refractivity (Wildman–Crippen MR) is 53.0 cm³/mol. The predicted octanol–water partition coefficient (Wildman–Crippen LogP) is 2.59. The van der Waals surface area contributed by atoms with Crippen LogP contribution in [-0.2, 0) is 4.74 Å². The number of nitrogens with zero attached hydrogens (tertiary/aromatic N) is 1. The van der Waals surface area contributed by atoms with Crippen molar-refractivity contribution in [1.82, 2.24) is 4.98 Å². The molecule has 1 aromatic heterocycles. The number of hydrogen-bond donors (Lipinski definition) is 0. The van der Waals surface area contributed by atoms with Gasteiger partial charge in [0.2, 0.25) is 0 Å². The SMILES string of the molecule is COC(=O)c1cc(Br)c(C)c(Cl)n1. The lowest BCUT2D eigenvalue weighted by molar-refractivity contribution is 0.0594. The van der Waals surface area contributed by atoms with E-state index < -0.39 is 5.97 Å². The van der Waals surface area contributed by atoms with Gasteiger partial charge in [-0.2, -0.15) is 0 Å². The number of pyridine rings is 1. The molecule has 0 fully saturated rings. The first-order valence-electron chi connectivity index (χ1n) is 3.47. The molecule has 0 spiro atoms. The zero-order chi connectivity index (χ0) is 10.0. The van der Waals surface area contributed by atoms with Crippen LogP contribution in [0.1, 0.15) is 16.1 Å². The molecule has 0 saturated heterocycles. The lowest BCUT2D eigenvalue weighted by Gasteiger charge is -2.03. The Labute approximate surface area is 89.2 Å². The second kappa shape index (κ2) is 4.07. The van der Waals surface area contributed by atoms with E-state index in [1.54, 1.807) is 13.0 Å². The summed E-state index contributed by atoms with van der Waals surface area (Å²) in [7, 11) is 1.30. The fraction of sp³-hybridized carbons (Fsp3) is 0.250. The van der Waals surface area contributed by atoms with E-state index >= 15 is 0 Å². The first kappa shape index (κ1) is 10.5.